The van der Waals surface area contributed by atoms with Crippen molar-refractivity contribution in [1.29, 1.82) is 0 Å². The summed E-state index contributed by atoms with van der Waals surface area (Å²) in [7, 11) is 1.70. The van der Waals surface area contributed by atoms with Crippen LogP contribution in [0.5, 0.6) is 5.75 Å². The molecule has 3 rings (SSSR count). The second-order valence-electron chi connectivity index (χ2n) is 6.38. The molecule has 1 saturated carbocycles. The fraction of sp³-hybridized carbons (Fsp3) is 0.647. The van der Waals surface area contributed by atoms with Gasteiger partial charge < -0.3 is 9.84 Å². The standard InChI is InChI=1S/C17H25NO2/c1-20-16-7-5-14(6-8-16)12-18-11-10-17(19)9-3-2-4-15(17)13-18/h5-8,15,19H,2-4,9-13H2,1H3. The number of aliphatic hydroxyl groups is 1. The first-order chi connectivity index (χ1) is 9.69. The lowest BCUT2D eigenvalue weighted by molar-refractivity contribution is -0.0967. The van der Waals surface area contributed by atoms with E-state index in [0.717, 1.165) is 38.2 Å². The van der Waals surface area contributed by atoms with Gasteiger partial charge in [0.1, 0.15) is 5.75 Å². The Bertz CT molecular complexity index is 445. The van der Waals surface area contributed by atoms with Gasteiger partial charge in [-0.1, -0.05) is 25.0 Å². The topological polar surface area (TPSA) is 32.7 Å². The number of piperidine rings is 1. The Kier molecular flexibility index (Phi) is 3.99. The van der Waals surface area contributed by atoms with Crippen LogP contribution in [0.15, 0.2) is 24.3 Å². The molecular weight excluding hydrogens is 250 g/mol. The molecule has 2 atom stereocenters. The van der Waals surface area contributed by atoms with Crippen molar-refractivity contribution in [2.24, 2.45) is 5.92 Å². The van der Waals surface area contributed by atoms with Crippen LogP contribution in [-0.4, -0.2) is 35.8 Å². The Labute approximate surface area is 121 Å². The molecule has 1 heterocycles. The van der Waals surface area contributed by atoms with E-state index in [1.54, 1.807) is 7.11 Å². The number of nitrogens with zero attached hydrogens (tertiary/aromatic N) is 1. The van der Waals surface area contributed by atoms with Crippen LogP contribution in [0.2, 0.25) is 0 Å². The second-order valence-corrected chi connectivity index (χ2v) is 6.38. The minimum absolute atomic E-state index is 0.366. The number of methoxy groups -OCH3 is 1. The Balaban J connectivity index is 1.61. The highest BCUT2D eigenvalue weighted by Crippen LogP contribution is 2.40. The Hall–Kier alpha value is -1.06. The number of hydrogen-bond donors (Lipinski definition) is 1. The first-order valence-corrected chi connectivity index (χ1v) is 7.77. The van der Waals surface area contributed by atoms with Gasteiger partial charge in [0.05, 0.1) is 12.7 Å². The molecule has 1 aromatic rings. The largest absolute Gasteiger partial charge is 0.497 e. The average molecular weight is 275 g/mol. The van der Waals surface area contributed by atoms with Crippen LogP contribution < -0.4 is 4.74 Å². The lowest BCUT2D eigenvalue weighted by Crippen LogP contribution is -2.52. The van der Waals surface area contributed by atoms with Gasteiger partial charge >= 0.3 is 0 Å². The van der Waals surface area contributed by atoms with Gasteiger partial charge in [-0.3, -0.25) is 4.90 Å². The lowest BCUT2D eigenvalue weighted by atomic mass is 9.71. The average Bonchev–Trinajstić information content (AvgIpc) is 2.48. The van der Waals surface area contributed by atoms with Gasteiger partial charge in [-0.05, 0) is 37.0 Å². The lowest BCUT2D eigenvalue weighted by Gasteiger charge is -2.47. The zero-order valence-electron chi connectivity index (χ0n) is 12.3. The van der Waals surface area contributed by atoms with Crippen molar-refractivity contribution in [1.82, 2.24) is 4.90 Å². The zero-order valence-corrected chi connectivity index (χ0v) is 12.3. The van der Waals surface area contributed by atoms with E-state index in [4.69, 9.17) is 4.74 Å². The first-order valence-electron chi connectivity index (χ1n) is 7.77. The van der Waals surface area contributed by atoms with Gasteiger partial charge in [-0.2, -0.15) is 0 Å². The molecule has 0 amide bonds. The summed E-state index contributed by atoms with van der Waals surface area (Å²) in [4.78, 5) is 2.49. The van der Waals surface area contributed by atoms with E-state index < -0.39 is 0 Å². The summed E-state index contributed by atoms with van der Waals surface area (Å²) in [6.45, 7) is 3.04. The highest BCUT2D eigenvalue weighted by atomic mass is 16.5. The van der Waals surface area contributed by atoms with Crippen LogP contribution in [0.4, 0.5) is 0 Å². The molecular formula is C17H25NO2. The molecule has 0 radical (unpaired) electrons. The van der Waals surface area contributed by atoms with E-state index in [-0.39, 0.29) is 5.60 Å². The minimum atomic E-state index is -0.366. The molecule has 1 aliphatic carbocycles. The van der Waals surface area contributed by atoms with Crippen molar-refractivity contribution in [3.63, 3.8) is 0 Å². The fourth-order valence-electron chi connectivity index (χ4n) is 3.77. The second kappa shape index (κ2) is 5.74. The van der Waals surface area contributed by atoms with Crippen molar-refractivity contribution in [2.75, 3.05) is 20.2 Å². The predicted molar refractivity (Wildman–Crippen MR) is 79.8 cm³/mol. The quantitative estimate of drug-likeness (QED) is 0.920. The molecule has 3 nitrogen and oxygen atoms in total. The highest BCUT2D eigenvalue weighted by Gasteiger charge is 2.42. The molecule has 0 spiro atoms. The van der Waals surface area contributed by atoms with E-state index >= 15 is 0 Å². The molecule has 2 fully saturated rings. The van der Waals surface area contributed by atoms with Crippen LogP contribution >= 0.6 is 0 Å². The minimum Gasteiger partial charge on any atom is -0.497 e. The smallest absolute Gasteiger partial charge is 0.118 e. The molecule has 2 unspecified atom stereocenters. The number of likely N-dealkylation sites (tertiary alicyclic amines) is 1. The number of ether oxygens (including phenoxy) is 1. The molecule has 0 aromatic heterocycles. The summed E-state index contributed by atoms with van der Waals surface area (Å²) in [6.07, 6.45) is 5.62. The number of hydrogen-bond acceptors (Lipinski definition) is 3. The Morgan fingerprint density at radius 2 is 2.05 bits per heavy atom. The van der Waals surface area contributed by atoms with Crippen LogP contribution in [0.25, 0.3) is 0 Å². The zero-order chi connectivity index (χ0) is 14.0. The van der Waals surface area contributed by atoms with E-state index in [1.165, 1.54) is 24.8 Å². The van der Waals surface area contributed by atoms with Crippen molar-refractivity contribution in [3.8, 4) is 5.75 Å². The fourth-order valence-corrected chi connectivity index (χ4v) is 3.77. The van der Waals surface area contributed by atoms with E-state index in [0.29, 0.717) is 5.92 Å². The summed E-state index contributed by atoms with van der Waals surface area (Å²) in [6, 6.07) is 8.33. The summed E-state index contributed by atoms with van der Waals surface area (Å²) >= 11 is 0. The molecule has 3 heteroatoms. The highest BCUT2D eigenvalue weighted by molar-refractivity contribution is 5.27. The Morgan fingerprint density at radius 1 is 1.25 bits per heavy atom. The number of fused-ring (bicyclic) bond motifs is 1. The van der Waals surface area contributed by atoms with E-state index in [2.05, 4.69) is 17.0 Å². The van der Waals surface area contributed by atoms with Crippen molar-refractivity contribution in [3.05, 3.63) is 29.8 Å². The molecule has 1 N–H and O–H groups in total. The van der Waals surface area contributed by atoms with Gasteiger partial charge in [0, 0.05) is 25.6 Å². The van der Waals surface area contributed by atoms with Crippen molar-refractivity contribution >= 4 is 0 Å². The van der Waals surface area contributed by atoms with Gasteiger partial charge in [0.25, 0.3) is 0 Å². The summed E-state index contributed by atoms with van der Waals surface area (Å²) in [5, 5.41) is 10.7. The summed E-state index contributed by atoms with van der Waals surface area (Å²) in [5.41, 5.74) is 0.960. The van der Waals surface area contributed by atoms with Gasteiger partial charge in [0.15, 0.2) is 0 Å². The normalized spacial score (nSPS) is 30.8. The monoisotopic (exact) mass is 275 g/mol. The third-order valence-corrected chi connectivity index (χ3v) is 5.08. The molecule has 1 saturated heterocycles. The van der Waals surface area contributed by atoms with E-state index in [1.807, 2.05) is 12.1 Å². The SMILES string of the molecule is COc1ccc(CN2CCC3(O)CCCCC3C2)cc1. The summed E-state index contributed by atoms with van der Waals surface area (Å²) < 4.78 is 5.20. The van der Waals surface area contributed by atoms with Crippen molar-refractivity contribution in [2.45, 2.75) is 44.2 Å². The molecule has 1 aliphatic heterocycles. The van der Waals surface area contributed by atoms with Gasteiger partial charge in [-0.15, -0.1) is 0 Å². The maximum Gasteiger partial charge on any atom is 0.118 e. The third-order valence-electron chi connectivity index (χ3n) is 5.08. The molecule has 1 aromatic carbocycles. The van der Waals surface area contributed by atoms with Crippen LogP contribution in [0.3, 0.4) is 0 Å². The molecule has 110 valence electrons. The number of rotatable bonds is 3. The van der Waals surface area contributed by atoms with E-state index in [9.17, 15) is 5.11 Å². The van der Waals surface area contributed by atoms with Crippen molar-refractivity contribution < 1.29 is 9.84 Å². The first kappa shape index (κ1) is 13.9. The summed E-state index contributed by atoms with van der Waals surface area (Å²) in [5.74, 6) is 1.39. The Morgan fingerprint density at radius 3 is 2.80 bits per heavy atom. The molecule has 20 heavy (non-hydrogen) atoms. The van der Waals surface area contributed by atoms with Crippen LogP contribution in [0.1, 0.15) is 37.7 Å². The van der Waals surface area contributed by atoms with Gasteiger partial charge in [0.2, 0.25) is 0 Å². The van der Waals surface area contributed by atoms with Crippen LogP contribution in [-0.2, 0) is 6.54 Å². The van der Waals surface area contributed by atoms with Gasteiger partial charge in [-0.25, -0.2) is 0 Å². The maximum absolute atomic E-state index is 10.7. The molecule has 2 aliphatic rings. The predicted octanol–water partition coefficient (Wildman–Crippen LogP) is 2.82. The number of benzene rings is 1. The van der Waals surface area contributed by atoms with Crippen LogP contribution in [0, 0.1) is 5.92 Å². The maximum atomic E-state index is 10.7. The molecule has 0 bridgehead atoms. The third kappa shape index (κ3) is 2.84.